The zero-order valence-corrected chi connectivity index (χ0v) is 24.1. The van der Waals surface area contributed by atoms with Crippen molar-refractivity contribution in [3.63, 3.8) is 0 Å². The summed E-state index contributed by atoms with van der Waals surface area (Å²) < 4.78 is 12.9. The Kier molecular flexibility index (Phi) is 9.47. The van der Waals surface area contributed by atoms with E-state index in [9.17, 15) is 19.8 Å². The van der Waals surface area contributed by atoms with Gasteiger partial charge in [-0.1, -0.05) is 45.9 Å². The van der Waals surface area contributed by atoms with E-state index in [2.05, 4.69) is 11.9 Å². The lowest BCUT2D eigenvalue weighted by molar-refractivity contribution is -0.154. The van der Waals surface area contributed by atoms with Crippen molar-refractivity contribution in [2.45, 2.75) is 108 Å². The van der Waals surface area contributed by atoms with Crippen LogP contribution in [0.5, 0.6) is 0 Å². The van der Waals surface area contributed by atoms with Gasteiger partial charge >= 0.3 is 5.97 Å². The second kappa shape index (κ2) is 11.6. The quantitative estimate of drug-likeness (QED) is 0.317. The number of cyclic esters (lactones) is 1. The van der Waals surface area contributed by atoms with Gasteiger partial charge in [-0.25, -0.2) is 4.98 Å². The highest BCUT2D eigenvalue weighted by Crippen LogP contribution is 2.45. The number of ether oxygens (including phenoxy) is 2. The molecule has 202 valence electrons. The van der Waals surface area contributed by atoms with Crippen molar-refractivity contribution in [2.24, 2.45) is 17.3 Å². The number of thioether (sulfide) groups is 1. The molecule has 3 rings (SSSR count). The van der Waals surface area contributed by atoms with E-state index in [0.29, 0.717) is 6.42 Å². The number of carbonyl (C=O) groups excluding carboxylic acids is 2. The third-order valence-corrected chi connectivity index (χ3v) is 9.85. The van der Waals surface area contributed by atoms with Crippen molar-refractivity contribution in [2.75, 3.05) is 6.26 Å². The number of hydrogen-bond donors (Lipinski definition) is 2. The number of ketones is 1. The Balaban J connectivity index is 1.85. The highest BCUT2D eigenvalue weighted by molar-refractivity contribution is 8.00. The third-order valence-electron chi connectivity index (χ3n) is 7.97. The van der Waals surface area contributed by atoms with Gasteiger partial charge in [0.2, 0.25) is 0 Å². The van der Waals surface area contributed by atoms with E-state index < -0.39 is 35.6 Å². The molecule has 0 aliphatic carbocycles. The highest BCUT2D eigenvalue weighted by Gasteiger charge is 2.53. The minimum Gasteiger partial charge on any atom is -0.458 e. The summed E-state index contributed by atoms with van der Waals surface area (Å²) in [4.78, 5) is 30.8. The molecule has 2 aliphatic heterocycles. The van der Waals surface area contributed by atoms with Crippen molar-refractivity contribution in [3.05, 3.63) is 16.6 Å². The van der Waals surface area contributed by atoms with Crippen molar-refractivity contribution < 1.29 is 29.3 Å². The molecule has 36 heavy (non-hydrogen) atoms. The number of thiazole rings is 1. The molecular formula is C27H41NO6S2. The maximum absolute atomic E-state index is 13.2. The van der Waals surface area contributed by atoms with Crippen LogP contribution in [0.25, 0.3) is 6.08 Å². The van der Waals surface area contributed by atoms with Crippen molar-refractivity contribution in [1.82, 2.24) is 4.98 Å². The van der Waals surface area contributed by atoms with E-state index in [1.807, 2.05) is 31.6 Å². The predicted octanol–water partition coefficient (Wildman–Crippen LogP) is 4.89. The number of carbonyl (C=O) groups is 2. The standard InChI is InChI=1S/C27H41NO6S2/c1-15-9-8-10-27(6)21(34-27)12-19(16(2)11-18-14-36-25(28-18)35-7)33-22(30)13-20(29)26(4,5)24(32)17(3)23(15)31/h11,14-15,17,19-21,23,29,31H,8-10,12-13H2,1-7H3/b16-11+. The number of rotatable bonds is 3. The zero-order valence-electron chi connectivity index (χ0n) is 22.4. The molecule has 7 unspecified atom stereocenters. The summed E-state index contributed by atoms with van der Waals surface area (Å²) in [6.45, 7) is 10.9. The van der Waals surface area contributed by atoms with Crippen LogP contribution in [-0.2, 0) is 19.1 Å². The Hall–Kier alpha value is -1.26. The molecule has 2 N–H and O–H groups in total. The fourth-order valence-electron chi connectivity index (χ4n) is 5.05. The van der Waals surface area contributed by atoms with E-state index in [4.69, 9.17) is 9.47 Å². The summed E-state index contributed by atoms with van der Waals surface area (Å²) in [5.41, 5.74) is 0.166. The summed E-state index contributed by atoms with van der Waals surface area (Å²) in [6, 6.07) is 0. The fraction of sp³-hybridized carbons (Fsp3) is 0.741. The molecule has 1 aromatic rings. The average Bonchev–Trinajstić information content (AvgIpc) is 3.23. The maximum atomic E-state index is 13.2. The molecule has 0 radical (unpaired) electrons. The molecule has 2 saturated heterocycles. The van der Waals surface area contributed by atoms with Crippen LogP contribution in [-0.4, -0.2) is 63.2 Å². The number of fused-ring (bicyclic) bond motifs is 1. The van der Waals surface area contributed by atoms with E-state index in [-0.39, 0.29) is 29.8 Å². The van der Waals surface area contributed by atoms with Gasteiger partial charge in [-0.3, -0.25) is 9.59 Å². The second-order valence-corrected chi connectivity index (χ2v) is 13.1. The number of aliphatic hydroxyl groups excluding tert-OH is 2. The molecule has 0 bridgehead atoms. The smallest absolute Gasteiger partial charge is 0.309 e. The lowest BCUT2D eigenvalue weighted by Gasteiger charge is -2.34. The summed E-state index contributed by atoms with van der Waals surface area (Å²) >= 11 is 3.15. The molecule has 0 amide bonds. The van der Waals surface area contributed by atoms with Gasteiger partial charge < -0.3 is 19.7 Å². The zero-order chi connectivity index (χ0) is 26.8. The minimum atomic E-state index is -1.23. The molecule has 2 aliphatic rings. The van der Waals surface area contributed by atoms with Gasteiger partial charge in [0, 0.05) is 17.7 Å². The Morgan fingerprint density at radius 1 is 1.25 bits per heavy atom. The van der Waals surface area contributed by atoms with E-state index in [0.717, 1.165) is 34.9 Å². The van der Waals surface area contributed by atoms with Gasteiger partial charge in [0.25, 0.3) is 0 Å². The Morgan fingerprint density at radius 3 is 2.58 bits per heavy atom. The number of aromatic nitrogens is 1. The van der Waals surface area contributed by atoms with Crippen molar-refractivity contribution in [3.8, 4) is 0 Å². The van der Waals surface area contributed by atoms with Crippen LogP contribution in [0, 0.1) is 17.3 Å². The van der Waals surface area contributed by atoms with E-state index in [1.54, 1.807) is 43.9 Å². The average molecular weight is 540 g/mol. The van der Waals surface area contributed by atoms with Crippen LogP contribution >= 0.6 is 23.1 Å². The number of esters is 1. The summed E-state index contributed by atoms with van der Waals surface area (Å²) in [7, 11) is 0. The molecule has 1 aromatic heterocycles. The van der Waals surface area contributed by atoms with Crippen molar-refractivity contribution >= 4 is 40.9 Å². The van der Waals surface area contributed by atoms with Gasteiger partial charge in [0.15, 0.2) is 0 Å². The molecular weight excluding hydrogens is 498 g/mol. The molecule has 0 saturated carbocycles. The largest absolute Gasteiger partial charge is 0.458 e. The van der Waals surface area contributed by atoms with Gasteiger partial charge in [0.05, 0.1) is 41.4 Å². The highest BCUT2D eigenvalue weighted by atomic mass is 32.2. The third kappa shape index (κ3) is 6.78. The molecule has 7 atom stereocenters. The van der Waals surface area contributed by atoms with Gasteiger partial charge in [-0.05, 0) is 50.5 Å². The molecule has 2 fully saturated rings. The van der Waals surface area contributed by atoms with Crippen molar-refractivity contribution in [1.29, 1.82) is 0 Å². The number of hydrogen-bond acceptors (Lipinski definition) is 9. The van der Waals surface area contributed by atoms with E-state index in [1.165, 1.54) is 0 Å². The molecule has 7 nitrogen and oxygen atoms in total. The summed E-state index contributed by atoms with van der Waals surface area (Å²) in [5, 5.41) is 23.7. The van der Waals surface area contributed by atoms with Crippen LogP contribution in [0.1, 0.15) is 79.3 Å². The van der Waals surface area contributed by atoms with Crippen LogP contribution in [0.2, 0.25) is 0 Å². The predicted molar refractivity (Wildman–Crippen MR) is 143 cm³/mol. The lowest BCUT2D eigenvalue weighted by atomic mass is 9.73. The van der Waals surface area contributed by atoms with Crippen LogP contribution in [0.4, 0.5) is 0 Å². The first kappa shape index (κ1) is 29.3. The van der Waals surface area contributed by atoms with Gasteiger partial charge in [-0.15, -0.1) is 11.3 Å². The second-order valence-electron chi connectivity index (χ2n) is 11.2. The Labute approximate surface area is 223 Å². The number of epoxide rings is 1. The fourth-order valence-corrected chi connectivity index (χ4v) is 6.28. The normalized spacial score (nSPS) is 36.8. The lowest BCUT2D eigenvalue weighted by Crippen LogP contribution is -2.45. The Morgan fingerprint density at radius 2 is 1.94 bits per heavy atom. The number of aliphatic hydroxyl groups is 2. The first-order chi connectivity index (χ1) is 16.8. The maximum Gasteiger partial charge on any atom is 0.309 e. The van der Waals surface area contributed by atoms with Gasteiger partial charge in [0.1, 0.15) is 16.2 Å². The van der Waals surface area contributed by atoms with Crippen LogP contribution < -0.4 is 0 Å². The molecule has 0 aromatic carbocycles. The SMILES string of the molecule is CSc1nc(/C=C(\C)C2CC3OC3(C)CCCC(C)C(O)C(C)C(=O)C(C)(C)C(O)CC(=O)O2)cs1. The summed E-state index contributed by atoms with van der Waals surface area (Å²) in [5.74, 6) is -1.55. The van der Waals surface area contributed by atoms with Crippen LogP contribution in [0.3, 0.4) is 0 Å². The number of Topliss-reactive ketones (excluding diaryl/α,β-unsaturated/α-hetero) is 1. The first-order valence-electron chi connectivity index (χ1n) is 12.7. The van der Waals surface area contributed by atoms with Crippen LogP contribution in [0.15, 0.2) is 15.3 Å². The molecule has 3 heterocycles. The first-order valence-corrected chi connectivity index (χ1v) is 14.8. The Bertz CT molecular complexity index is 975. The minimum absolute atomic E-state index is 0.0501. The molecule has 0 spiro atoms. The van der Waals surface area contributed by atoms with Gasteiger partial charge in [-0.2, -0.15) is 0 Å². The monoisotopic (exact) mass is 539 g/mol. The van der Waals surface area contributed by atoms with E-state index >= 15 is 0 Å². The molecule has 9 heteroatoms. The topological polar surface area (TPSA) is 109 Å². The summed E-state index contributed by atoms with van der Waals surface area (Å²) in [6.07, 6.45) is 3.94. The number of nitrogens with zero attached hydrogens (tertiary/aromatic N) is 1.